The van der Waals surface area contributed by atoms with Gasteiger partial charge in [-0.2, -0.15) is 0 Å². The maximum absolute atomic E-state index is 12.0. The van der Waals surface area contributed by atoms with Crippen molar-refractivity contribution in [2.24, 2.45) is 0 Å². The Balaban J connectivity index is 1.89. The molecule has 150 valence electrons. The maximum atomic E-state index is 12.0. The lowest BCUT2D eigenvalue weighted by atomic mass is 10.2. The largest absolute Gasteiger partial charge is 0.494 e. The fourth-order valence-electron chi connectivity index (χ4n) is 2.52. The van der Waals surface area contributed by atoms with Gasteiger partial charge >= 0.3 is 5.97 Å². The highest BCUT2D eigenvalue weighted by Gasteiger charge is 2.05. The van der Waals surface area contributed by atoms with E-state index in [4.69, 9.17) is 18.9 Å². The molecule has 0 amide bonds. The van der Waals surface area contributed by atoms with Gasteiger partial charge in [-0.1, -0.05) is 25.8 Å². The van der Waals surface area contributed by atoms with Crippen molar-refractivity contribution in [3.8, 4) is 23.0 Å². The van der Waals surface area contributed by atoms with Crippen LogP contribution in [0.2, 0.25) is 0 Å². The molecule has 0 N–H and O–H groups in total. The molecule has 0 aromatic heterocycles. The number of hydrogen-bond donors (Lipinski definition) is 0. The van der Waals surface area contributed by atoms with Crippen LogP contribution >= 0.6 is 0 Å². The smallest absolute Gasteiger partial charge is 0.336 e. The number of rotatable bonds is 11. The Hall–Kier alpha value is -2.95. The van der Waals surface area contributed by atoms with Crippen LogP contribution in [0.1, 0.15) is 38.7 Å². The van der Waals surface area contributed by atoms with Crippen molar-refractivity contribution in [3.05, 3.63) is 54.1 Å². The van der Waals surface area contributed by atoms with Crippen LogP contribution in [0.5, 0.6) is 23.0 Å². The van der Waals surface area contributed by atoms with E-state index in [1.165, 1.54) is 6.08 Å². The molecule has 0 bridgehead atoms. The van der Waals surface area contributed by atoms with E-state index in [0.29, 0.717) is 30.5 Å². The first-order valence-electron chi connectivity index (χ1n) is 9.59. The lowest BCUT2D eigenvalue weighted by Gasteiger charge is -2.09. The number of benzene rings is 2. The predicted octanol–water partition coefficient (Wildman–Crippen LogP) is 5.28. The zero-order chi connectivity index (χ0) is 20.2. The molecular weight excluding hydrogens is 356 g/mol. The fourth-order valence-corrected chi connectivity index (χ4v) is 2.52. The zero-order valence-corrected chi connectivity index (χ0v) is 16.8. The molecule has 2 rings (SSSR count). The molecule has 0 atom stereocenters. The van der Waals surface area contributed by atoms with Crippen molar-refractivity contribution in [2.75, 3.05) is 20.3 Å². The Morgan fingerprint density at radius 1 is 0.929 bits per heavy atom. The van der Waals surface area contributed by atoms with Crippen molar-refractivity contribution >= 4 is 12.0 Å². The highest BCUT2D eigenvalue weighted by atomic mass is 16.5. The van der Waals surface area contributed by atoms with Crippen LogP contribution in [-0.2, 0) is 4.79 Å². The second-order valence-electron chi connectivity index (χ2n) is 6.12. The highest BCUT2D eigenvalue weighted by Crippen LogP contribution is 2.28. The van der Waals surface area contributed by atoms with Crippen molar-refractivity contribution in [1.29, 1.82) is 0 Å². The standard InChI is InChI=1S/C23H28O5/c1-4-6-7-16-27-19-10-12-20(13-11-19)28-23(24)15-9-18-8-14-21(26-5-2)22(17-18)25-3/h8-15,17H,4-7,16H2,1-3H3. The zero-order valence-electron chi connectivity index (χ0n) is 16.8. The second kappa shape index (κ2) is 11.7. The fraction of sp³-hybridized carbons (Fsp3) is 0.348. The topological polar surface area (TPSA) is 54.0 Å². The third kappa shape index (κ3) is 6.99. The van der Waals surface area contributed by atoms with Crippen LogP contribution in [0.4, 0.5) is 0 Å². The third-order valence-corrected chi connectivity index (χ3v) is 3.96. The molecule has 0 fully saturated rings. The normalized spacial score (nSPS) is 10.7. The van der Waals surface area contributed by atoms with Crippen molar-refractivity contribution in [1.82, 2.24) is 0 Å². The van der Waals surface area contributed by atoms with E-state index in [1.54, 1.807) is 43.5 Å². The number of ether oxygens (including phenoxy) is 4. The number of methoxy groups -OCH3 is 1. The summed E-state index contributed by atoms with van der Waals surface area (Å²) < 4.78 is 21.8. The van der Waals surface area contributed by atoms with Gasteiger partial charge in [0.05, 0.1) is 20.3 Å². The average molecular weight is 384 g/mol. The van der Waals surface area contributed by atoms with Gasteiger partial charge in [-0.3, -0.25) is 0 Å². The monoisotopic (exact) mass is 384 g/mol. The van der Waals surface area contributed by atoms with Crippen LogP contribution < -0.4 is 18.9 Å². The van der Waals surface area contributed by atoms with E-state index in [-0.39, 0.29) is 0 Å². The lowest BCUT2D eigenvalue weighted by Crippen LogP contribution is -2.03. The molecule has 0 saturated carbocycles. The molecule has 0 saturated heterocycles. The maximum Gasteiger partial charge on any atom is 0.336 e. The van der Waals surface area contributed by atoms with Gasteiger partial charge in [0.15, 0.2) is 11.5 Å². The molecule has 0 aliphatic carbocycles. The summed E-state index contributed by atoms with van der Waals surface area (Å²) in [5.74, 6) is 2.07. The Bertz CT molecular complexity index is 765. The molecule has 0 spiro atoms. The van der Waals surface area contributed by atoms with Crippen LogP contribution in [-0.4, -0.2) is 26.3 Å². The molecule has 0 aliphatic heterocycles. The molecule has 5 heteroatoms. The summed E-state index contributed by atoms with van der Waals surface area (Å²) in [7, 11) is 1.58. The van der Waals surface area contributed by atoms with E-state index >= 15 is 0 Å². The SMILES string of the molecule is CCCCCOc1ccc(OC(=O)C=Cc2ccc(OCC)c(OC)c2)cc1. The van der Waals surface area contributed by atoms with E-state index in [9.17, 15) is 4.79 Å². The molecular formula is C23H28O5. The van der Waals surface area contributed by atoms with Gasteiger partial charge in [-0.15, -0.1) is 0 Å². The Morgan fingerprint density at radius 3 is 2.36 bits per heavy atom. The minimum atomic E-state index is -0.454. The quantitative estimate of drug-likeness (QED) is 0.228. The van der Waals surface area contributed by atoms with Crippen molar-refractivity contribution in [2.45, 2.75) is 33.1 Å². The summed E-state index contributed by atoms with van der Waals surface area (Å²) in [5, 5.41) is 0. The first-order chi connectivity index (χ1) is 13.7. The van der Waals surface area contributed by atoms with Crippen molar-refractivity contribution in [3.63, 3.8) is 0 Å². The van der Waals surface area contributed by atoms with Gasteiger partial charge in [-0.25, -0.2) is 4.79 Å². The van der Waals surface area contributed by atoms with E-state index in [0.717, 1.165) is 30.6 Å². The van der Waals surface area contributed by atoms with Crippen LogP contribution in [0.3, 0.4) is 0 Å². The van der Waals surface area contributed by atoms with Gasteiger partial charge in [0.25, 0.3) is 0 Å². The molecule has 0 aliphatic rings. The molecule has 2 aromatic carbocycles. The highest BCUT2D eigenvalue weighted by molar-refractivity contribution is 5.88. The Kier molecular flexibility index (Phi) is 8.92. The van der Waals surface area contributed by atoms with E-state index in [1.807, 2.05) is 19.1 Å². The molecule has 0 unspecified atom stereocenters. The number of hydrogen-bond acceptors (Lipinski definition) is 5. The second-order valence-corrected chi connectivity index (χ2v) is 6.12. The number of esters is 1. The lowest BCUT2D eigenvalue weighted by molar-refractivity contribution is -0.128. The predicted molar refractivity (Wildman–Crippen MR) is 110 cm³/mol. The summed E-state index contributed by atoms with van der Waals surface area (Å²) in [6.45, 7) is 5.32. The average Bonchev–Trinajstić information content (AvgIpc) is 2.72. The van der Waals surface area contributed by atoms with E-state index in [2.05, 4.69) is 6.92 Å². The van der Waals surface area contributed by atoms with Gasteiger partial charge in [0.1, 0.15) is 11.5 Å². The Morgan fingerprint density at radius 2 is 1.68 bits per heavy atom. The summed E-state index contributed by atoms with van der Waals surface area (Å²) in [6, 6.07) is 12.5. The van der Waals surface area contributed by atoms with Crippen LogP contribution in [0.15, 0.2) is 48.5 Å². The molecule has 2 aromatic rings. The number of unbranched alkanes of at least 4 members (excludes halogenated alkanes) is 2. The number of carbonyl (C=O) groups is 1. The molecule has 28 heavy (non-hydrogen) atoms. The van der Waals surface area contributed by atoms with Gasteiger partial charge < -0.3 is 18.9 Å². The summed E-state index contributed by atoms with van der Waals surface area (Å²) in [4.78, 5) is 12.0. The van der Waals surface area contributed by atoms with Gasteiger partial charge in [0.2, 0.25) is 0 Å². The van der Waals surface area contributed by atoms with Gasteiger partial charge in [0, 0.05) is 6.08 Å². The van der Waals surface area contributed by atoms with Gasteiger partial charge in [-0.05, 0) is 61.4 Å². The number of carbonyl (C=O) groups excluding carboxylic acids is 1. The third-order valence-electron chi connectivity index (χ3n) is 3.96. The first kappa shape index (κ1) is 21.4. The first-order valence-corrected chi connectivity index (χ1v) is 9.59. The summed E-state index contributed by atoms with van der Waals surface area (Å²) in [6.07, 6.45) is 6.40. The van der Waals surface area contributed by atoms with E-state index < -0.39 is 5.97 Å². The molecule has 0 radical (unpaired) electrons. The van der Waals surface area contributed by atoms with Crippen LogP contribution in [0.25, 0.3) is 6.08 Å². The summed E-state index contributed by atoms with van der Waals surface area (Å²) in [5.41, 5.74) is 0.813. The minimum absolute atomic E-state index is 0.454. The van der Waals surface area contributed by atoms with Crippen molar-refractivity contribution < 1.29 is 23.7 Å². The minimum Gasteiger partial charge on any atom is -0.494 e. The Labute approximate surface area is 166 Å². The van der Waals surface area contributed by atoms with Crippen LogP contribution in [0, 0.1) is 0 Å². The molecule has 5 nitrogen and oxygen atoms in total. The summed E-state index contributed by atoms with van der Waals surface area (Å²) >= 11 is 0. The molecule has 0 heterocycles.